The molecule has 1 aromatic carbocycles. The molecule has 0 spiro atoms. The predicted octanol–water partition coefficient (Wildman–Crippen LogP) is 3.90. The molecule has 4 nitrogen and oxygen atoms in total. The van der Waals surface area contributed by atoms with E-state index in [1.165, 1.54) is 4.90 Å². The molecule has 2 amide bonds. The molecule has 3 rings (SSSR count). The van der Waals surface area contributed by atoms with Crippen LogP contribution in [0.15, 0.2) is 18.2 Å². The summed E-state index contributed by atoms with van der Waals surface area (Å²) in [5.74, 6) is 0.206. The number of fused-ring (bicyclic) bond motifs is 1. The van der Waals surface area contributed by atoms with Crippen molar-refractivity contribution in [3.63, 3.8) is 0 Å². The second-order valence-corrected chi connectivity index (χ2v) is 6.53. The van der Waals surface area contributed by atoms with E-state index in [4.69, 9.17) is 0 Å². The fourth-order valence-electron chi connectivity index (χ4n) is 3.41. The molecule has 0 unspecified atom stereocenters. The number of phenolic OH excluding ortho intramolecular Hbond substituents is 1. The number of benzene rings is 1. The largest absolute Gasteiger partial charge is 0.508 e. The van der Waals surface area contributed by atoms with Crippen LogP contribution in [0.4, 0.5) is 18.0 Å². The lowest BCUT2D eigenvalue weighted by Gasteiger charge is -2.38. The van der Waals surface area contributed by atoms with Gasteiger partial charge in [-0.25, -0.2) is 4.79 Å². The number of carbonyl (C=O) groups is 1. The number of carbonyl (C=O) groups excluding carboxylic acids is 1. The average Bonchev–Trinajstić information content (AvgIpc) is 2.85. The Morgan fingerprint density at radius 2 is 2.04 bits per heavy atom. The van der Waals surface area contributed by atoms with E-state index in [1.807, 2.05) is 6.07 Å². The molecule has 1 saturated carbocycles. The van der Waals surface area contributed by atoms with Gasteiger partial charge in [-0.05, 0) is 49.3 Å². The van der Waals surface area contributed by atoms with Crippen molar-refractivity contribution in [3.05, 3.63) is 29.3 Å². The van der Waals surface area contributed by atoms with Crippen molar-refractivity contribution in [3.8, 4) is 5.75 Å². The normalized spacial score (nSPS) is 20.4. The second-order valence-electron chi connectivity index (χ2n) is 6.53. The maximum atomic E-state index is 12.5. The Kier molecular flexibility index (Phi) is 4.60. The molecule has 0 heterocycles. The molecule has 7 heteroatoms. The van der Waals surface area contributed by atoms with Gasteiger partial charge in [-0.1, -0.05) is 12.1 Å². The third-order valence-electron chi connectivity index (χ3n) is 4.96. The van der Waals surface area contributed by atoms with Crippen molar-refractivity contribution in [2.24, 2.45) is 0 Å². The first kappa shape index (κ1) is 16.9. The number of alkyl halides is 3. The van der Waals surface area contributed by atoms with Gasteiger partial charge in [0.05, 0.1) is 12.5 Å². The zero-order chi connectivity index (χ0) is 17.3. The average molecular weight is 342 g/mol. The Hall–Kier alpha value is -1.92. The van der Waals surface area contributed by atoms with Gasteiger partial charge in [0.25, 0.3) is 0 Å². The lowest BCUT2D eigenvalue weighted by atomic mass is 9.91. The van der Waals surface area contributed by atoms with E-state index in [0.717, 1.165) is 30.4 Å². The van der Waals surface area contributed by atoms with Crippen molar-refractivity contribution >= 4 is 6.03 Å². The van der Waals surface area contributed by atoms with Crippen LogP contribution in [0.1, 0.15) is 49.3 Å². The Labute approximate surface area is 138 Å². The van der Waals surface area contributed by atoms with Crippen LogP contribution in [0.25, 0.3) is 0 Å². The van der Waals surface area contributed by atoms with Crippen LogP contribution in [0.5, 0.6) is 5.75 Å². The molecule has 0 radical (unpaired) electrons. The number of halogens is 3. The Bertz CT molecular complexity index is 614. The lowest BCUT2D eigenvalue weighted by molar-refractivity contribution is -0.138. The Balaban J connectivity index is 1.67. The molecule has 132 valence electrons. The highest BCUT2D eigenvalue weighted by Crippen LogP contribution is 2.36. The molecule has 1 atom stereocenters. The van der Waals surface area contributed by atoms with Crippen molar-refractivity contribution < 1.29 is 23.1 Å². The number of rotatable bonds is 4. The minimum Gasteiger partial charge on any atom is -0.508 e. The van der Waals surface area contributed by atoms with Gasteiger partial charge in [0.15, 0.2) is 0 Å². The number of hydrogen-bond acceptors (Lipinski definition) is 2. The summed E-state index contributed by atoms with van der Waals surface area (Å²) < 4.78 is 37.6. The molecule has 1 fully saturated rings. The summed E-state index contributed by atoms with van der Waals surface area (Å²) in [5, 5.41) is 12.7. The fourth-order valence-corrected chi connectivity index (χ4v) is 3.41. The van der Waals surface area contributed by atoms with Crippen LogP contribution >= 0.6 is 0 Å². The number of hydrogen-bond donors (Lipinski definition) is 2. The summed E-state index contributed by atoms with van der Waals surface area (Å²) in [6.07, 6.45) is -1.50. The molecule has 0 saturated heterocycles. The van der Waals surface area contributed by atoms with Crippen LogP contribution in [-0.4, -0.2) is 34.8 Å². The van der Waals surface area contributed by atoms with E-state index in [1.54, 1.807) is 12.1 Å². The van der Waals surface area contributed by atoms with Gasteiger partial charge >= 0.3 is 12.2 Å². The number of nitrogens with one attached hydrogen (secondary N) is 1. The van der Waals surface area contributed by atoms with E-state index in [-0.39, 0.29) is 24.4 Å². The number of phenols is 1. The van der Waals surface area contributed by atoms with Gasteiger partial charge in [-0.2, -0.15) is 13.2 Å². The zero-order valence-corrected chi connectivity index (χ0v) is 13.3. The third kappa shape index (κ3) is 3.60. The molecule has 2 N–H and O–H groups in total. The Morgan fingerprint density at radius 1 is 1.29 bits per heavy atom. The van der Waals surface area contributed by atoms with Gasteiger partial charge in [0.1, 0.15) is 5.75 Å². The van der Waals surface area contributed by atoms with Gasteiger partial charge < -0.3 is 15.3 Å². The van der Waals surface area contributed by atoms with Crippen molar-refractivity contribution in [1.82, 2.24) is 10.2 Å². The SMILES string of the molecule is O=C(N[C@@H]1CCc2c(O)cccc21)N(CCC(F)(F)F)C1CCC1. The van der Waals surface area contributed by atoms with E-state index in [2.05, 4.69) is 5.32 Å². The minimum absolute atomic E-state index is 0.0996. The van der Waals surface area contributed by atoms with E-state index in [9.17, 15) is 23.1 Å². The van der Waals surface area contributed by atoms with Crippen LogP contribution in [0.3, 0.4) is 0 Å². The third-order valence-corrected chi connectivity index (χ3v) is 4.96. The van der Waals surface area contributed by atoms with Gasteiger partial charge in [0, 0.05) is 12.6 Å². The first-order chi connectivity index (χ1) is 11.3. The lowest BCUT2D eigenvalue weighted by Crippen LogP contribution is -2.50. The van der Waals surface area contributed by atoms with Gasteiger partial charge in [-0.3, -0.25) is 0 Å². The molecule has 2 aliphatic carbocycles. The number of aromatic hydroxyl groups is 1. The van der Waals surface area contributed by atoms with Crippen LogP contribution in [-0.2, 0) is 6.42 Å². The van der Waals surface area contributed by atoms with Crippen molar-refractivity contribution in [2.75, 3.05) is 6.54 Å². The molecule has 24 heavy (non-hydrogen) atoms. The smallest absolute Gasteiger partial charge is 0.390 e. The number of nitrogens with zero attached hydrogens (tertiary/aromatic N) is 1. The van der Waals surface area contributed by atoms with Crippen LogP contribution in [0.2, 0.25) is 0 Å². The van der Waals surface area contributed by atoms with Crippen molar-refractivity contribution in [1.29, 1.82) is 0 Å². The van der Waals surface area contributed by atoms with Crippen LogP contribution < -0.4 is 5.32 Å². The molecular weight excluding hydrogens is 321 g/mol. The first-order valence-corrected chi connectivity index (χ1v) is 8.30. The fraction of sp³-hybridized carbons (Fsp3) is 0.588. The van der Waals surface area contributed by atoms with E-state index < -0.39 is 18.6 Å². The molecule has 1 aromatic rings. The summed E-state index contributed by atoms with van der Waals surface area (Å²) in [5.41, 5.74) is 1.67. The van der Waals surface area contributed by atoms with Gasteiger partial charge in [-0.15, -0.1) is 0 Å². The molecule has 2 aliphatic rings. The zero-order valence-electron chi connectivity index (χ0n) is 13.3. The summed E-state index contributed by atoms with van der Waals surface area (Å²) in [6.45, 7) is -0.306. The van der Waals surface area contributed by atoms with E-state index >= 15 is 0 Å². The van der Waals surface area contributed by atoms with E-state index in [0.29, 0.717) is 12.8 Å². The topological polar surface area (TPSA) is 52.6 Å². The van der Waals surface area contributed by atoms with Gasteiger partial charge in [0.2, 0.25) is 0 Å². The minimum atomic E-state index is -4.27. The molecular formula is C17H21F3N2O2. The molecule has 0 aliphatic heterocycles. The number of urea groups is 1. The summed E-state index contributed by atoms with van der Waals surface area (Å²) in [6, 6.07) is 4.37. The highest BCUT2D eigenvalue weighted by molar-refractivity contribution is 5.75. The first-order valence-electron chi connectivity index (χ1n) is 8.30. The summed E-state index contributed by atoms with van der Waals surface area (Å²) in [4.78, 5) is 13.9. The molecule has 0 bridgehead atoms. The maximum Gasteiger partial charge on any atom is 0.390 e. The standard InChI is InChI=1S/C17H21F3N2O2/c18-17(19,20)9-10-22(11-3-1-4-11)16(24)21-14-8-7-13-12(14)5-2-6-15(13)23/h2,5-6,11,14,23H,1,3-4,7-10H2,(H,21,24)/t14-/m1/s1. The number of amides is 2. The van der Waals surface area contributed by atoms with Crippen molar-refractivity contribution in [2.45, 2.75) is 56.8 Å². The van der Waals surface area contributed by atoms with Crippen LogP contribution in [0, 0.1) is 0 Å². The Morgan fingerprint density at radius 3 is 2.67 bits per heavy atom. The quantitative estimate of drug-likeness (QED) is 0.872. The summed E-state index contributed by atoms with van der Waals surface area (Å²) in [7, 11) is 0. The highest BCUT2D eigenvalue weighted by Gasteiger charge is 2.35. The highest BCUT2D eigenvalue weighted by atomic mass is 19.4. The monoisotopic (exact) mass is 342 g/mol. The summed E-state index contributed by atoms with van der Waals surface area (Å²) >= 11 is 0. The maximum absolute atomic E-state index is 12.5. The molecule has 0 aromatic heterocycles. The second kappa shape index (κ2) is 6.53. The predicted molar refractivity (Wildman–Crippen MR) is 82.7 cm³/mol.